The van der Waals surface area contributed by atoms with Crippen molar-refractivity contribution in [1.29, 1.82) is 0 Å². The molecule has 21 heavy (non-hydrogen) atoms. The number of rotatable bonds is 6. The van der Waals surface area contributed by atoms with E-state index in [0.29, 0.717) is 6.54 Å². The molecule has 0 atom stereocenters. The SMILES string of the molecule is Cc1cc(C)c(CN(CCO)Cc2cccnc2)cc1C. The lowest BCUT2D eigenvalue weighted by molar-refractivity contribution is 0.184. The van der Waals surface area contributed by atoms with Crippen LogP contribution in [-0.2, 0) is 13.1 Å². The number of aliphatic hydroxyl groups excluding tert-OH is 1. The van der Waals surface area contributed by atoms with Crippen LogP contribution in [0.5, 0.6) is 0 Å². The maximum atomic E-state index is 9.30. The molecule has 0 aliphatic carbocycles. The summed E-state index contributed by atoms with van der Waals surface area (Å²) >= 11 is 0. The van der Waals surface area contributed by atoms with Crippen molar-refractivity contribution in [2.75, 3.05) is 13.2 Å². The highest BCUT2D eigenvalue weighted by molar-refractivity contribution is 5.36. The number of hydrogen-bond donors (Lipinski definition) is 1. The molecule has 0 spiro atoms. The Bertz CT molecular complexity index is 581. The minimum absolute atomic E-state index is 0.171. The largest absolute Gasteiger partial charge is 0.395 e. The number of nitrogens with zero attached hydrogens (tertiary/aromatic N) is 2. The zero-order valence-electron chi connectivity index (χ0n) is 13.1. The maximum Gasteiger partial charge on any atom is 0.0558 e. The Morgan fingerprint density at radius 3 is 2.48 bits per heavy atom. The molecular weight excluding hydrogens is 260 g/mol. The molecule has 0 unspecified atom stereocenters. The molecule has 0 saturated heterocycles. The van der Waals surface area contributed by atoms with Crippen LogP contribution in [0.3, 0.4) is 0 Å². The molecule has 3 nitrogen and oxygen atoms in total. The van der Waals surface area contributed by atoms with Crippen LogP contribution in [0.4, 0.5) is 0 Å². The molecule has 0 amide bonds. The minimum atomic E-state index is 0.171. The quantitative estimate of drug-likeness (QED) is 0.886. The minimum Gasteiger partial charge on any atom is -0.395 e. The van der Waals surface area contributed by atoms with Gasteiger partial charge in [0, 0.05) is 32.0 Å². The van der Waals surface area contributed by atoms with Gasteiger partial charge in [0.2, 0.25) is 0 Å². The van der Waals surface area contributed by atoms with Gasteiger partial charge in [-0.15, -0.1) is 0 Å². The van der Waals surface area contributed by atoms with E-state index in [1.165, 1.54) is 27.8 Å². The predicted molar refractivity (Wildman–Crippen MR) is 86.1 cm³/mol. The highest BCUT2D eigenvalue weighted by Gasteiger charge is 2.09. The lowest BCUT2D eigenvalue weighted by atomic mass is 10.0. The second-order valence-corrected chi connectivity index (χ2v) is 5.66. The van der Waals surface area contributed by atoms with Crippen molar-refractivity contribution in [3.05, 3.63) is 64.5 Å². The molecular formula is C18H24N2O. The molecule has 112 valence electrons. The lowest BCUT2D eigenvalue weighted by Crippen LogP contribution is -2.26. The van der Waals surface area contributed by atoms with E-state index in [1.807, 2.05) is 12.3 Å². The second-order valence-electron chi connectivity index (χ2n) is 5.66. The maximum absolute atomic E-state index is 9.30. The normalized spacial score (nSPS) is 11.1. The number of aliphatic hydroxyl groups is 1. The molecule has 1 aromatic heterocycles. The first-order chi connectivity index (χ1) is 10.1. The molecule has 0 saturated carbocycles. The Labute approximate surface area is 127 Å². The Morgan fingerprint density at radius 2 is 1.81 bits per heavy atom. The molecule has 0 radical (unpaired) electrons. The fourth-order valence-electron chi connectivity index (χ4n) is 2.54. The van der Waals surface area contributed by atoms with Crippen LogP contribution in [0.25, 0.3) is 0 Å². The molecule has 1 N–H and O–H groups in total. The lowest BCUT2D eigenvalue weighted by Gasteiger charge is -2.23. The van der Waals surface area contributed by atoms with Crippen molar-refractivity contribution in [1.82, 2.24) is 9.88 Å². The average molecular weight is 284 g/mol. The van der Waals surface area contributed by atoms with Crippen molar-refractivity contribution in [3.8, 4) is 0 Å². The number of hydrogen-bond acceptors (Lipinski definition) is 3. The van der Waals surface area contributed by atoms with Crippen LogP contribution < -0.4 is 0 Å². The van der Waals surface area contributed by atoms with Crippen LogP contribution in [-0.4, -0.2) is 28.1 Å². The number of benzene rings is 1. The average Bonchev–Trinajstić information content (AvgIpc) is 2.46. The molecule has 1 heterocycles. The standard InChI is InChI=1S/C18H24N2O/c1-14-9-16(3)18(10-15(14)2)13-20(7-8-21)12-17-5-4-6-19-11-17/h4-6,9-11,21H,7-8,12-13H2,1-3H3. The number of aromatic nitrogens is 1. The van der Waals surface area contributed by atoms with Crippen molar-refractivity contribution in [2.24, 2.45) is 0 Å². The first-order valence-corrected chi connectivity index (χ1v) is 7.39. The first-order valence-electron chi connectivity index (χ1n) is 7.39. The smallest absolute Gasteiger partial charge is 0.0558 e. The summed E-state index contributed by atoms with van der Waals surface area (Å²) < 4.78 is 0. The van der Waals surface area contributed by atoms with Crippen molar-refractivity contribution in [2.45, 2.75) is 33.9 Å². The highest BCUT2D eigenvalue weighted by atomic mass is 16.3. The van der Waals surface area contributed by atoms with E-state index in [1.54, 1.807) is 6.20 Å². The highest BCUT2D eigenvalue weighted by Crippen LogP contribution is 2.18. The summed E-state index contributed by atoms with van der Waals surface area (Å²) in [7, 11) is 0. The van der Waals surface area contributed by atoms with Crippen molar-refractivity contribution in [3.63, 3.8) is 0 Å². The third-order valence-electron chi connectivity index (χ3n) is 3.89. The van der Waals surface area contributed by atoms with Crippen LogP contribution in [0.1, 0.15) is 27.8 Å². The Morgan fingerprint density at radius 1 is 1.05 bits per heavy atom. The number of pyridine rings is 1. The Kier molecular flexibility index (Phi) is 5.48. The first kappa shape index (κ1) is 15.7. The van der Waals surface area contributed by atoms with E-state index >= 15 is 0 Å². The van der Waals surface area contributed by atoms with Gasteiger partial charge in [0.05, 0.1) is 6.61 Å². The molecule has 0 bridgehead atoms. The summed E-state index contributed by atoms with van der Waals surface area (Å²) in [5.74, 6) is 0. The Hall–Kier alpha value is -1.71. The third kappa shape index (κ3) is 4.38. The molecule has 0 aliphatic rings. The van der Waals surface area contributed by atoms with Gasteiger partial charge in [-0.05, 0) is 54.7 Å². The van der Waals surface area contributed by atoms with E-state index in [0.717, 1.165) is 13.1 Å². The van der Waals surface area contributed by atoms with Gasteiger partial charge in [-0.3, -0.25) is 9.88 Å². The predicted octanol–water partition coefficient (Wildman–Crippen LogP) is 3.00. The summed E-state index contributed by atoms with van der Waals surface area (Å²) in [6.07, 6.45) is 3.67. The summed E-state index contributed by atoms with van der Waals surface area (Å²) in [6.45, 7) is 8.95. The van der Waals surface area contributed by atoms with Crippen molar-refractivity contribution >= 4 is 0 Å². The molecule has 0 aliphatic heterocycles. The second kappa shape index (κ2) is 7.34. The number of aryl methyl sites for hydroxylation is 3. The van der Waals surface area contributed by atoms with E-state index in [4.69, 9.17) is 0 Å². The van der Waals surface area contributed by atoms with Gasteiger partial charge in [0.1, 0.15) is 0 Å². The molecule has 3 heteroatoms. The van der Waals surface area contributed by atoms with Gasteiger partial charge in [-0.25, -0.2) is 0 Å². The molecule has 0 fully saturated rings. The van der Waals surface area contributed by atoms with Crippen LogP contribution in [0.2, 0.25) is 0 Å². The fraction of sp³-hybridized carbons (Fsp3) is 0.389. The monoisotopic (exact) mass is 284 g/mol. The van der Waals surface area contributed by atoms with E-state index in [2.05, 4.69) is 48.9 Å². The van der Waals surface area contributed by atoms with Gasteiger partial charge >= 0.3 is 0 Å². The summed E-state index contributed by atoms with van der Waals surface area (Å²) in [4.78, 5) is 6.42. The van der Waals surface area contributed by atoms with E-state index in [9.17, 15) is 5.11 Å². The Balaban J connectivity index is 2.14. The van der Waals surface area contributed by atoms with Crippen LogP contribution in [0, 0.1) is 20.8 Å². The van der Waals surface area contributed by atoms with E-state index in [-0.39, 0.29) is 6.61 Å². The van der Waals surface area contributed by atoms with Gasteiger partial charge < -0.3 is 5.11 Å². The van der Waals surface area contributed by atoms with Gasteiger partial charge in [-0.1, -0.05) is 18.2 Å². The zero-order valence-corrected chi connectivity index (χ0v) is 13.1. The van der Waals surface area contributed by atoms with Crippen molar-refractivity contribution < 1.29 is 5.11 Å². The molecule has 2 aromatic rings. The summed E-state index contributed by atoms with van der Waals surface area (Å²) in [6, 6.07) is 8.53. The topological polar surface area (TPSA) is 36.4 Å². The zero-order chi connectivity index (χ0) is 15.2. The summed E-state index contributed by atoms with van der Waals surface area (Å²) in [5.41, 5.74) is 6.47. The fourth-order valence-corrected chi connectivity index (χ4v) is 2.54. The van der Waals surface area contributed by atoms with Gasteiger partial charge in [0.25, 0.3) is 0 Å². The van der Waals surface area contributed by atoms with E-state index < -0.39 is 0 Å². The summed E-state index contributed by atoms with van der Waals surface area (Å²) in [5, 5.41) is 9.30. The molecule has 1 aromatic carbocycles. The van der Waals surface area contributed by atoms with Gasteiger partial charge in [0.15, 0.2) is 0 Å². The van der Waals surface area contributed by atoms with Gasteiger partial charge in [-0.2, -0.15) is 0 Å². The molecule has 2 rings (SSSR count). The van der Waals surface area contributed by atoms with Crippen LogP contribution >= 0.6 is 0 Å². The third-order valence-corrected chi connectivity index (χ3v) is 3.89. The van der Waals surface area contributed by atoms with Crippen LogP contribution in [0.15, 0.2) is 36.7 Å².